The second-order valence-corrected chi connectivity index (χ2v) is 10.6. The highest BCUT2D eigenvalue weighted by Gasteiger charge is 2.36. The van der Waals surface area contributed by atoms with Gasteiger partial charge in [0.1, 0.15) is 17.2 Å². The minimum Gasteiger partial charge on any atom is -0.494 e. The van der Waals surface area contributed by atoms with Crippen LogP contribution in [-0.4, -0.2) is 73.0 Å². The highest BCUT2D eigenvalue weighted by atomic mass is 16.5. The number of piperidine rings is 1. The maximum atomic E-state index is 13.3. The van der Waals surface area contributed by atoms with Gasteiger partial charge in [-0.05, 0) is 56.0 Å². The van der Waals surface area contributed by atoms with Gasteiger partial charge < -0.3 is 29.3 Å². The third kappa shape index (κ3) is 6.53. The summed E-state index contributed by atoms with van der Waals surface area (Å²) < 4.78 is 18.1. The van der Waals surface area contributed by atoms with Crippen LogP contribution in [0, 0.1) is 5.92 Å². The Kier molecular flexibility index (Phi) is 8.35. The van der Waals surface area contributed by atoms with Crippen molar-refractivity contribution in [2.75, 3.05) is 33.3 Å². The molecular weight excluding hydrogens is 498 g/mol. The zero-order valence-electron chi connectivity index (χ0n) is 22.7. The SMILES string of the molecule is CCOc1cc2cc(c1)C(=O)N(C)CC(=O)N[C@H]1CN(C(=O)C3CCCC3)CC[C@H]1OCc1cccc(c1)O2. The lowest BCUT2D eigenvalue weighted by molar-refractivity contribution is -0.141. The Labute approximate surface area is 229 Å². The first-order valence-corrected chi connectivity index (χ1v) is 13.9. The number of carbonyl (C=O) groups is 3. The van der Waals surface area contributed by atoms with Crippen LogP contribution in [0.3, 0.4) is 0 Å². The van der Waals surface area contributed by atoms with Gasteiger partial charge in [-0.25, -0.2) is 0 Å². The van der Waals surface area contributed by atoms with Crippen molar-refractivity contribution in [1.29, 1.82) is 0 Å². The van der Waals surface area contributed by atoms with Gasteiger partial charge in [-0.1, -0.05) is 25.0 Å². The molecule has 3 aliphatic rings. The summed E-state index contributed by atoms with van der Waals surface area (Å²) in [6, 6.07) is 12.3. The van der Waals surface area contributed by atoms with E-state index >= 15 is 0 Å². The molecule has 4 bridgehead atoms. The van der Waals surface area contributed by atoms with Crippen LogP contribution in [0.5, 0.6) is 17.2 Å². The molecule has 3 amide bonds. The van der Waals surface area contributed by atoms with E-state index in [0.717, 1.165) is 31.2 Å². The molecule has 2 fully saturated rings. The monoisotopic (exact) mass is 535 g/mol. The van der Waals surface area contributed by atoms with Crippen molar-refractivity contribution >= 4 is 17.7 Å². The fraction of sp³-hybridized carbons (Fsp3) is 0.500. The molecule has 9 nitrogen and oxygen atoms in total. The van der Waals surface area contributed by atoms with Crippen LogP contribution >= 0.6 is 0 Å². The minimum absolute atomic E-state index is 0.0770. The number of fused-ring (bicyclic) bond motifs is 5. The predicted octanol–water partition coefficient (Wildman–Crippen LogP) is 3.76. The highest BCUT2D eigenvalue weighted by Crippen LogP contribution is 2.30. The molecule has 0 spiro atoms. The third-order valence-corrected chi connectivity index (χ3v) is 7.68. The molecule has 1 N–H and O–H groups in total. The number of carbonyl (C=O) groups excluding carboxylic acids is 3. The summed E-state index contributed by atoms with van der Waals surface area (Å²) in [6.45, 7) is 3.51. The Morgan fingerprint density at radius 1 is 1.08 bits per heavy atom. The van der Waals surface area contributed by atoms with Crippen LogP contribution in [0.15, 0.2) is 42.5 Å². The lowest BCUT2D eigenvalue weighted by atomic mass is 9.98. The second-order valence-electron chi connectivity index (χ2n) is 10.6. The number of amides is 3. The number of nitrogens with zero attached hydrogens (tertiary/aromatic N) is 2. The lowest BCUT2D eigenvalue weighted by Gasteiger charge is -2.40. The topological polar surface area (TPSA) is 97.4 Å². The maximum Gasteiger partial charge on any atom is 0.254 e. The van der Waals surface area contributed by atoms with Crippen LogP contribution in [0.1, 0.15) is 54.9 Å². The van der Waals surface area contributed by atoms with Gasteiger partial charge in [0.2, 0.25) is 11.8 Å². The Hall–Kier alpha value is -3.59. The van der Waals surface area contributed by atoms with Gasteiger partial charge in [-0.15, -0.1) is 0 Å². The van der Waals surface area contributed by atoms with Crippen molar-refractivity contribution in [2.24, 2.45) is 5.92 Å². The fourth-order valence-corrected chi connectivity index (χ4v) is 5.70. The lowest BCUT2D eigenvalue weighted by Crippen LogP contribution is -2.58. The molecule has 0 aromatic heterocycles. The summed E-state index contributed by atoms with van der Waals surface area (Å²) in [5.41, 5.74) is 1.29. The molecule has 2 heterocycles. The zero-order chi connectivity index (χ0) is 27.4. The van der Waals surface area contributed by atoms with Crippen molar-refractivity contribution in [3.05, 3.63) is 53.6 Å². The number of nitrogens with one attached hydrogen (secondary N) is 1. The van der Waals surface area contributed by atoms with Crippen LogP contribution in [-0.2, 0) is 20.9 Å². The van der Waals surface area contributed by atoms with Crippen LogP contribution < -0.4 is 14.8 Å². The average molecular weight is 536 g/mol. The molecule has 39 heavy (non-hydrogen) atoms. The van der Waals surface area contributed by atoms with E-state index in [4.69, 9.17) is 14.2 Å². The Bertz CT molecular complexity index is 1210. The molecule has 1 saturated heterocycles. The second kappa shape index (κ2) is 12.1. The fourth-order valence-electron chi connectivity index (χ4n) is 5.70. The van der Waals surface area contributed by atoms with E-state index in [9.17, 15) is 14.4 Å². The van der Waals surface area contributed by atoms with E-state index in [2.05, 4.69) is 5.32 Å². The van der Waals surface area contributed by atoms with Crippen LogP contribution in [0.25, 0.3) is 0 Å². The van der Waals surface area contributed by atoms with E-state index in [1.807, 2.05) is 36.1 Å². The van der Waals surface area contributed by atoms with Crippen LogP contribution in [0.2, 0.25) is 0 Å². The van der Waals surface area contributed by atoms with E-state index in [-0.39, 0.29) is 42.3 Å². The zero-order valence-corrected chi connectivity index (χ0v) is 22.7. The standard InChI is InChI=1S/C30H37N3O6/c1-3-37-24-14-22-15-25(16-24)39-23-10-6-7-20(13-23)19-38-27-11-12-33(30(36)21-8-4-5-9-21)17-26(27)31-28(34)18-32(2)29(22)35/h6-7,10,13-16,21,26-27H,3-5,8-9,11-12,17-19H2,1-2H3,(H,31,34)/t26-,27+/m0/s1. The smallest absolute Gasteiger partial charge is 0.254 e. The highest BCUT2D eigenvalue weighted by molar-refractivity contribution is 5.97. The van der Waals surface area contributed by atoms with Crippen LogP contribution in [0.4, 0.5) is 0 Å². The summed E-state index contributed by atoms with van der Waals surface area (Å²) in [6.07, 6.45) is 4.41. The largest absolute Gasteiger partial charge is 0.494 e. The van der Waals surface area contributed by atoms with Crippen molar-refractivity contribution in [3.63, 3.8) is 0 Å². The number of hydrogen-bond acceptors (Lipinski definition) is 6. The molecule has 2 aliphatic heterocycles. The molecule has 2 aromatic carbocycles. The van der Waals surface area contributed by atoms with Gasteiger partial charge in [-0.3, -0.25) is 14.4 Å². The Balaban J connectivity index is 1.41. The van der Waals surface area contributed by atoms with Gasteiger partial charge in [0.15, 0.2) is 0 Å². The van der Waals surface area contributed by atoms with E-state index in [1.54, 1.807) is 25.2 Å². The summed E-state index contributed by atoms with van der Waals surface area (Å²) in [7, 11) is 1.59. The molecule has 1 saturated carbocycles. The molecule has 0 unspecified atom stereocenters. The maximum absolute atomic E-state index is 13.3. The molecule has 0 radical (unpaired) electrons. The molecule has 9 heteroatoms. The van der Waals surface area contributed by atoms with Gasteiger partial charge in [-0.2, -0.15) is 0 Å². The number of ether oxygens (including phenoxy) is 3. The van der Waals surface area contributed by atoms with E-state index in [1.165, 1.54) is 4.90 Å². The van der Waals surface area contributed by atoms with Crippen molar-refractivity contribution in [3.8, 4) is 17.2 Å². The summed E-state index contributed by atoms with van der Waals surface area (Å²) in [5, 5.41) is 3.07. The number of benzene rings is 2. The Morgan fingerprint density at radius 2 is 1.90 bits per heavy atom. The minimum atomic E-state index is -0.375. The van der Waals surface area contributed by atoms with Gasteiger partial charge in [0, 0.05) is 37.7 Å². The molecule has 5 rings (SSSR count). The quantitative estimate of drug-likeness (QED) is 0.643. The summed E-state index contributed by atoms with van der Waals surface area (Å²) in [4.78, 5) is 42.9. The number of likely N-dealkylation sites (tertiary alicyclic amines) is 1. The third-order valence-electron chi connectivity index (χ3n) is 7.68. The van der Waals surface area contributed by atoms with Crippen molar-refractivity contribution < 1.29 is 28.6 Å². The number of rotatable bonds is 3. The molecule has 1 aliphatic carbocycles. The van der Waals surface area contributed by atoms with Crippen molar-refractivity contribution in [2.45, 2.75) is 57.8 Å². The molecule has 2 aromatic rings. The molecule has 2 atom stereocenters. The molecular formula is C30H37N3O6. The van der Waals surface area contributed by atoms with E-state index < -0.39 is 0 Å². The Morgan fingerprint density at radius 3 is 2.69 bits per heavy atom. The van der Waals surface area contributed by atoms with E-state index in [0.29, 0.717) is 55.5 Å². The van der Waals surface area contributed by atoms with Gasteiger partial charge >= 0.3 is 0 Å². The predicted molar refractivity (Wildman–Crippen MR) is 145 cm³/mol. The number of hydrogen-bond donors (Lipinski definition) is 1. The first kappa shape index (κ1) is 27.0. The van der Waals surface area contributed by atoms with Crippen molar-refractivity contribution in [1.82, 2.24) is 15.1 Å². The van der Waals surface area contributed by atoms with Gasteiger partial charge in [0.05, 0.1) is 31.9 Å². The van der Waals surface area contributed by atoms with Gasteiger partial charge in [0.25, 0.3) is 5.91 Å². The first-order chi connectivity index (χ1) is 18.9. The first-order valence-electron chi connectivity index (χ1n) is 13.9. The average Bonchev–Trinajstić information content (AvgIpc) is 3.46. The molecule has 208 valence electrons. The normalized spacial score (nSPS) is 22.6. The number of likely N-dealkylation sites (N-methyl/N-ethyl adjacent to an activating group) is 1. The summed E-state index contributed by atoms with van der Waals surface area (Å²) >= 11 is 0. The summed E-state index contributed by atoms with van der Waals surface area (Å²) in [5.74, 6) is 1.21.